The monoisotopic (exact) mass is 291 g/mol. The van der Waals surface area contributed by atoms with Gasteiger partial charge in [0, 0.05) is 26.2 Å². The highest BCUT2D eigenvalue weighted by Gasteiger charge is 2.40. The van der Waals surface area contributed by atoms with Crippen molar-refractivity contribution in [1.82, 2.24) is 15.1 Å². The number of likely N-dealkylation sites (N-methyl/N-ethyl adjacent to an activating group) is 1. The molecule has 116 valence electrons. The molecule has 2 heterocycles. The maximum absolute atomic E-state index is 12.5. The van der Waals surface area contributed by atoms with E-state index in [1.165, 1.54) is 0 Å². The number of hydrogen-bond donors (Lipinski definition) is 1. The minimum atomic E-state index is -0.259. The molecule has 3 atom stereocenters. The van der Waals surface area contributed by atoms with Crippen LogP contribution >= 0.6 is 0 Å². The molecule has 0 aromatic rings. The van der Waals surface area contributed by atoms with Crippen molar-refractivity contribution in [3.8, 4) is 0 Å². The van der Waals surface area contributed by atoms with E-state index in [0.717, 1.165) is 45.1 Å². The fourth-order valence-electron chi connectivity index (χ4n) is 3.35. The van der Waals surface area contributed by atoms with Gasteiger partial charge in [0.1, 0.15) is 6.04 Å². The van der Waals surface area contributed by atoms with E-state index in [0.29, 0.717) is 12.5 Å². The maximum Gasteiger partial charge on any atom is 0.318 e. The summed E-state index contributed by atoms with van der Waals surface area (Å²) in [6, 6.07) is -0.0475. The highest BCUT2D eigenvalue weighted by Crippen LogP contribution is 2.32. The third-order valence-corrected chi connectivity index (χ3v) is 4.82. The summed E-state index contributed by atoms with van der Waals surface area (Å²) in [5.41, 5.74) is 0. The molecule has 3 rings (SSSR count). The largest absolute Gasteiger partial charge is 0.344 e. The summed E-state index contributed by atoms with van der Waals surface area (Å²) in [7, 11) is 1.86. The Kier molecular flexibility index (Phi) is 4.17. The van der Waals surface area contributed by atoms with Crippen molar-refractivity contribution in [2.24, 2.45) is 5.92 Å². The third-order valence-electron chi connectivity index (χ3n) is 4.82. The number of rotatable bonds is 0. The fourth-order valence-corrected chi connectivity index (χ4v) is 3.35. The van der Waals surface area contributed by atoms with Gasteiger partial charge in [-0.05, 0) is 44.4 Å². The summed E-state index contributed by atoms with van der Waals surface area (Å²) < 4.78 is 0. The molecule has 3 amide bonds. The molecule has 5 nitrogen and oxygen atoms in total. The molecule has 0 aromatic carbocycles. The number of amides is 3. The van der Waals surface area contributed by atoms with Crippen molar-refractivity contribution in [2.45, 2.75) is 50.6 Å². The molecule has 1 unspecified atom stereocenters. The first kappa shape index (κ1) is 14.4. The van der Waals surface area contributed by atoms with Crippen LogP contribution in [0.15, 0.2) is 12.2 Å². The molecule has 5 heteroatoms. The van der Waals surface area contributed by atoms with E-state index in [2.05, 4.69) is 17.5 Å². The second-order valence-electron chi connectivity index (χ2n) is 6.49. The second-order valence-corrected chi connectivity index (χ2v) is 6.49. The predicted octanol–water partition coefficient (Wildman–Crippen LogP) is 1.75. The normalized spacial score (nSPS) is 35.6. The first-order chi connectivity index (χ1) is 10.2. The van der Waals surface area contributed by atoms with Crippen LogP contribution in [0.5, 0.6) is 0 Å². The van der Waals surface area contributed by atoms with E-state index in [4.69, 9.17) is 0 Å². The summed E-state index contributed by atoms with van der Waals surface area (Å²) in [6.45, 7) is 1.48. The number of carbonyl (C=O) groups excluding carboxylic acids is 2. The number of nitrogens with zero attached hydrogens (tertiary/aromatic N) is 2. The second kappa shape index (κ2) is 6.08. The van der Waals surface area contributed by atoms with Gasteiger partial charge in [0.25, 0.3) is 0 Å². The summed E-state index contributed by atoms with van der Waals surface area (Å²) in [5, 5.41) is 3.08. The van der Waals surface area contributed by atoms with Crippen LogP contribution in [0, 0.1) is 5.92 Å². The summed E-state index contributed by atoms with van der Waals surface area (Å²) >= 11 is 0. The van der Waals surface area contributed by atoms with Crippen LogP contribution < -0.4 is 5.32 Å². The Balaban J connectivity index is 1.72. The zero-order valence-corrected chi connectivity index (χ0v) is 12.8. The lowest BCUT2D eigenvalue weighted by Gasteiger charge is -2.28. The van der Waals surface area contributed by atoms with Crippen molar-refractivity contribution in [3.63, 3.8) is 0 Å². The van der Waals surface area contributed by atoms with Gasteiger partial charge in [-0.25, -0.2) is 4.79 Å². The molecular formula is C16H25N3O2. The molecule has 1 saturated heterocycles. The Labute approximate surface area is 126 Å². The molecule has 0 radical (unpaired) electrons. The lowest BCUT2D eigenvalue weighted by Crippen LogP contribution is -2.50. The quantitative estimate of drug-likeness (QED) is 0.691. The van der Waals surface area contributed by atoms with E-state index in [-0.39, 0.29) is 24.0 Å². The first-order valence-electron chi connectivity index (χ1n) is 8.15. The lowest BCUT2D eigenvalue weighted by molar-refractivity contribution is -0.133. The number of allylic oxidation sites excluding steroid dienone is 1. The average Bonchev–Trinajstić information content (AvgIpc) is 3.01. The molecule has 0 spiro atoms. The van der Waals surface area contributed by atoms with Crippen LogP contribution in [0.25, 0.3) is 0 Å². The van der Waals surface area contributed by atoms with Gasteiger partial charge in [0.2, 0.25) is 5.91 Å². The maximum atomic E-state index is 12.5. The Bertz CT molecular complexity index is 449. The molecule has 1 N–H and O–H groups in total. The summed E-state index contributed by atoms with van der Waals surface area (Å²) in [5.74, 6) is 0.596. The highest BCUT2D eigenvalue weighted by atomic mass is 16.2. The van der Waals surface area contributed by atoms with Crippen molar-refractivity contribution in [3.05, 3.63) is 12.2 Å². The number of fused-ring (bicyclic) bond motifs is 2. The van der Waals surface area contributed by atoms with Crippen LogP contribution in [-0.4, -0.2) is 54.0 Å². The minimum absolute atomic E-state index is 0.0581. The van der Waals surface area contributed by atoms with Gasteiger partial charge in [-0.2, -0.15) is 0 Å². The van der Waals surface area contributed by atoms with Crippen LogP contribution in [-0.2, 0) is 4.79 Å². The Morgan fingerprint density at radius 1 is 1.19 bits per heavy atom. The third kappa shape index (κ3) is 3.22. The molecular weight excluding hydrogens is 266 g/mol. The van der Waals surface area contributed by atoms with Crippen LogP contribution in [0.3, 0.4) is 0 Å². The van der Waals surface area contributed by atoms with Gasteiger partial charge >= 0.3 is 6.03 Å². The Morgan fingerprint density at radius 2 is 2.05 bits per heavy atom. The van der Waals surface area contributed by atoms with E-state index < -0.39 is 0 Å². The number of carbonyl (C=O) groups is 2. The van der Waals surface area contributed by atoms with Gasteiger partial charge in [0.05, 0.1) is 0 Å². The van der Waals surface area contributed by atoms with Crippen molar-refractivity contribution >= 4 is 11.9 Å². The lowest BCUT2D eigenvalue weighted by atomic mass is 10.1. The zero-order chi connectivity index (χ0) is 14.8. The van der Waals surface area contributed by atoms with Gasteiger partial charge in [-0.15, -0.1) is 0 Å². The van der Waals surface area contributed by atoms with Crippen molar-refractivity contribution in [2.75, 3.05) is 20.1 Å². The highest BCUT2D eigenvalue weighted by molar-refractivity contribution is 5.87. The van der Waals surface area contributed by atoms with Crippen LogP contribution in [0.2, 0.25) is 0 Å². The van der Waals surface area contributed by atoms with Gasteiger partial charge in [-0.3, -0.25) is 4.79 Å². The SMILES string of the molecule is CN1CCCC/C=C\[C@@H]2CC2NC(=O)N2CCC[C@H]2C1=O. The molecule has 0 bridgehead atoms. The topological polar surface area (TPSA) is 52.7 Å². The van der Waals surface area contributed by atoms with E-state index in [1.54, 1.807) is 9.80 Å². The molecule has 21 heavy (non-hydrogen) atoms. The van der Waals surface area contributed by atoms with Crippen LogP contribution in [0.4, 0.5) is 4.79 Å². The van der Waals surface area contributed by atoms with Crippen molar-refractivity contribution < 1.29 is 9.59 Å². The minimum Gasteiger partial charge on any atom is -0.344 e. The smallest absolute Gasteiger partial charge is 0.318 e. The summed E-state index contributed by atoms with van der Waals surface area (Å²) in [4.78, 5) is 28.4. The number of nitrogens with one attached hydrogen (secondary N) is 1. The molecule has 1 saturated carbocycles. The van der Waals surface area contributed by atoms with E-state index in [9.17, 15) is 9.59 Å². The standard InChI is InChI=1S/C16H25N3O2/c1-18-9-5-3-2-4-7-12-11-13(12)17-16(21)19-10-6-8-14(19)15(18)20/h4,7,12-14H,2-3,5-6,8-11H2,1H3,(H,17,21)/b7-4-/t12-,13?,14+/m1/s1. The predicted molar refractivity (Wildman–Crippen MR) is 80.8 cm³/mol. The molecule has 2 fully saturated rings. The van der Waals surface area contributed by atoms with E-state index >= 15 is 0 Å². The zero-order valence-electron chi connectivity index (χ0n) is 12.8. The molecule has 1 aliphatic carbocycles. The van der Waals surface area contributed by atoms with Gasteiger partial charge in [0.15, 0.2) is 0 Å². The Hall–Kier alpha value is -1.52. The van der Waals surface area contributed by atoms with Gasteiger partial charge in [-0.1, -0.05) is 12.2 Å². The van der Waals surface area contributed by atoms with Gasteiger partial charge < -0.3 is 15.1 Å². The van der Waals surface area contributed by atoms with E-state index in [1.807, 2.05) is 7.05 Å². The fraction of sp³-hybridized carbons (Fsp3) is 0.750. The van der Waals surface area contributed by atoms with Crippen molar-refractivity contribution in [1.29, 1.82) is 0 Å². The Morgan fingerprint density at radius 3 is 2.90 bits per heavy atom. The average molecular weight is 291 g/mol. The molecule has 3 aliphatic rings. The number of urea groups is 1. The number of hydrogen-bond acceptors (Lipinski definition) is 2. The molecule has 0 aromatic heterocycles. The first-order valence-corrected chi connectivity index (χ1v) is 8.15. The van der Waals surface area contributed by atoms with Crippen LogP contribution in [0.1, 0.15) is 38.5 Å². The molecule has 2 aliphatic heterocycles. The summed E-state index contributed by atoms with van der Waals surface area (Å²) in [6.07, 6.45) is 10.4.